The van der Waals surface area contributed by atoms with Crippen LogP contribution in [0.2, 0.25) is 0 Å². The minimum atomic E-state index is -0.967. The van der Waals surface area contributed by atoms with Crippen molar-refractivity contribution >= 4 is 28.6 Å². The van der Waals surface area contributed by atoms with Gasteiger partial charge in [-0.25, -0.2) is 4.79 Å². The molecule has 1 aliphatic heterocycles. The van der Waals surface area contributed by atoms with Crippen molar-refractivity contribution in [2.45, 2.75) is 18.9 Å². The van der Waals surface area contributed by atoms with Gasteiger partial charge in [0.15, 0.2) is 0 Å². The fraction of sp³-hybridized carbons (Fsp3) is 0.417. The molecule has 1 aromatic rings. The van der Waals surface area contributed by atoms with E-state index in [0.29, 0.717) is 12.4 Å². The highest BCUT2D eigenvalue weighted by atomic mass is 127. The summed E-state index contributed by atoms with van der Waals surface area (Å²) in [7, 11) is 0. The molecule has 1 atom stereocenters. The maximum atomic E-state index is 11.1. The van der Waals surface area contributed by atoms with Crippen molar-refractivity contribution in [3.8, 4) is 5.75 Å². The van der Waals surface area contributed by atoms with Gasteiger partial charge in [0.05, 0.1) is 6.10 Å². The van der Waals surface area contributed by atoms with E-state index in [2.05, 4.69) is 22.6 Å². The summed E-state index contributed by atoms with van der Waals surface area (Å²) in [6.45, 7) is 1.19. The molecule has 0 spiro atoms. The summed E-state index contributed by atoms with van der Waals surface area (Å²) in [5, 5.41) is 9.07. The molecular weight excluding hydrogens is 335 g/mol. The molecule has 4 nitrogen and oxygen atoms in total. The van der Waals surface area contributed by atoms with Crippen LogP contribution in [0.1, 0.15) is 23.2 Å². The number of rotatable bonds is 4. The maximum absolute atomic E-state index is 11.1. The maximum Gasteiger partial charge on any atom is 0.339 e. The topological polar surface area (TPSA) is 55.8 Å². The van der Waals surface area contributed by atoms with Crippen molar-refractivity contribution < 1.29 is 19.4 Å². The summed E-state index contributed by atoms with van der Waals surface area (Å²) in [5.41, 5.74) is 0.204. The zero-order valence-corrected chi connectivity index (χ0v) is 11.3. The smallest absolute Gasteiger partial charge is 0.339 e. The van der Waals surface area contributed by atoms with E-state index in [-0.39, 0.29) is 11.7 Å². The lowest BCUT2D eigenvalue weighted by atomic mass is 10.2. The predicted molar refractivity (Wildman–Crippen MR) is 70.6 cm³/mol. The quantitative estimate of drug-likeness (QED) is 0.850. The molecule has 0 bridgehead atoms. The Morgan fingerprint density at radius 2 is 2.41 bits per heavy atom. The van der Waals surface area contributed by atoms with Crippen molar-refractivity contribution in [2.24, 2.45) is 0 Å². The Hall–Kier alpha value is -0.820. The molecule has 0 saturated carbocycles. The minimum Gasteiger partial charge on any atom is -0.490 e. The fourth-order valence-electron chi connectivity index (χ4n) is 1.75. The summed E-state index contributed by atoms with van der Waals surface area (Å²) >= 11 is 2.08. The van der Waals surface area contributed by atoms with Gasteiger partial charge >= 0.3 is 5.97 Å². The van der Waals surface area contributed by atoms with E-state index >= 15 is 0 Å². The van der Waals surface area contributed by atoms with Gasteiger partial charge < -0.3 is 14.6 Å². The van der Waals surface area contributed by atoms with E-state index in [1.54, 1.807) is 12.1 Å². The minimum absolute atomic E-state index is 0.0934. The van der Waals surface area contributed by atoms with Gasteiger partial charge in [-0.1, -0.05) is 0 Å². The van der Waals surface area contributed by atoms with Crippen LogP contribution in [-0.4, -0.2) is 30.4 Å². The summed E-state index contributed by atoms with van der Waals surface area (Å²) < 4.78 is 11.8. The van der Waals surface area contributed by atoms with Crippen LogP contribution >= 0.6 is 22.6 Å². The van der Waals surface area contributed by atoms with Crippen LogP contribution in [0, 0.1) is 3.57 Å². The molecule has 1 saturated heterocycles. The number of carboxylic acid groups (broad SMARTS) is 1. The molecule has 1 aliphatic rings. The Morgan fingerprint density at radius 3 is 3.06 bits per heavy atom. The first kappa shape index (κ1) is 12.6. The molecular formula is C12H13IO4. The van der Waals surface area contributed by atoms with Gasteiger partial charge in [0, 0.05) is 10.2 Å². The molecule has 0 radical (unpaired) electrons. The highest BCUT2D eigenvalue weighted by Gasteiger charge is 2.18. The lowest BCUT2D eigenvalue weighted by Gasteiger charge is -2.13. The molecule has 1 fully saturated rings. The van der Waals surface area contributed by atoms with E-state index < -0.39 is 5.97 Å². The van der Waals surface area contributed by atoms with Crippen LogP contribution in [0.15, 0.2) is 18.2 Å². The number of benzene rings is 1. The van der Waals surface area contributed by atoms with Gasteiger partial charge in [0.25, 0.3) is 0 Å². The molecule has 0 aromatic heterocycles. The van der Waals surface area contributed by atoms with Crippen molar-refractivity contribution in [1.82, 2.24) is 0 Å². The Balaban J connectivity index is 2.06. The Kier molecular flexibility index (Phi) is 4.22. The van der Waals surface area contributed by atoms with Crippen LogP contribution in [0.4, 0.5) is 0 Å². The van der Waals surface area contributed by atoms with E-state index in [1.165, 1.54) is 0 Å². The number of ether oxygens (including phenoxy) is 2. The normalized spacial score (nSPS) is 19.2. The summed E-state index contributed by atoms with van der Waals surface area (Å²) in [4.78, 5) is 11.1. The molecule has 0 amide bonds. The van der Waals surface area contributed by atoms with E-state index in [4.69, 9.17) is 14.6 Å². The van der Waals surface area contributed by atoms with Gasteiger partial charge in [0.1, 0.15) is 17.9 Å². The van der Waals surface area contributed by atoms with Gasteiger partial charge in [-0.05, 0) is 53.6 Å². The van der Waals surface area contributed by atoms with Gasteiger partial charge in [-0.2, -0.15) is 0 Å². The van der Waals surface area contributed by atoms with Gasteiger partial charge in [-0.3, -0.25) is 0 Å². The number of halogens is 1. The number of hydrogen-bond donors (Lipinski definition) is 1. The molecule has 1 N–H and O–H groups in total. The largest absolute Gasteiger partial charge is 0.490 e. The van der Waals surface area contributed by atoms with Gasteiger partial charge in [-0.15, -0.1) is 0 Å². The second-order valence-electron chi connectivity index (χ2n) is 3.89. The molecule has 1 unspecified atom stereocenters. The monoisotopic (exact) mass is 348 g/mol. The SMILES string of the molecule is O=C(O)c1cc(I)ccc1OCC1CCCO1. The average Bonchev–Trinajstić information content (AvgIpc) is 2.80. The average molecular weight is 348 g/mol. The third-order valence-electron chi connectivity index (χ3n) is 2.62. The number of hydrogen-bond acceptors (Lipinski definition) is 3. The third-order valence-corrected chi connectivity index (χ3v) is 3.29. The highest BCUT2D eigenvalue weighted by Crippen LogP contribution is 2.22. The molecule has 1 heterocycles. The summed E-state index contributed by atoms with van der Waals surface area (Å²) in [6, 6.07) is 5.13. The molecule has 92 valence electrons. The van der Waals surface area contributed by atoms with Crippen LogP contribution in [-0.2, 0) is 4.74 Å². The number of carboxylic acids is 1. The van der Waals surface area contributed by atoms with Crippen molar-refractivity contribution in [3.63, 3.8) is 0 Å². The molecule has 17 heavy (non-hydrogen) atoms. The first-order valence-electron chi connectivity index (χ1n) is 5.44. The Morgan fingerprint density at radius 1 is 1.59 bits per heavy atom. The number of aromatic carboxylic acids is 1. The Labute approximate surface area is 113 Å². The second kappa shape index (κ2) is 5.68. The summed E-state index contributed by atoms with van der Waals surface area (Å²) in [5.74, 6) is -0.556. The molecule has 1 aromatic carbocycles. The Bertz CT molecular complexity index is 413. The van der Waals surface area contributed by atoms with E-state index in [0.717, 1.165) is 23.0 Å². The van der Waals surface area contributed by atoms with Crippen LogP contribution < -0.4 is 4.74 Å². The third kappa shape index (κ3) is 3.32. The first-order chi connectivity index (χ1) is 8.16. The van der Waals surface area contributed by atoms with Crippen LogP contribution in [0.5, 0.6) is 5.75 Å². The van der Waals surface area contributed by atoms with Crippen molar-refractivity contribution in [2.75, 3.05) is 13.2 Å². The van der Waals surface area contributed by atoms with E-state index in [9.17, 15) is 4.79 Å². The molecule has 5 heteroatoms. The molecule has 2 rings (SSSR count). The number of carbonyl (C=O) groups is 1. The lowest BCUT2D eigenvalue weighted by Crippen LogP contribution is -2.17. The highest BCUT2D eigenvalue weighted by molar-refractivity contribution is 14.1. The lowest BCUT2D eigenvalue weighted by molar-refractivity contribution is 0.0629. The summed E-state index contributed by atoms with van der Waals surface area (Å²) in [6.07, 6.45) is 2.12. The standard InChI is InChI=1S/C12H13IO4/c13-8-3-4-11(10(6-8)12(14)15)17-7-9-2-1-5-16-9/h3-4,6,9H,1-2,5,7H2,(H,14,15). The second-order valence-corrected chi connectivity index (χ2v) is 5.14. The zero-order valence-electron chi connectivity index (χ0n) is 9.19. The van der Waals surface area contributed by atoms with Crippen LogP contribution in [0.25, 0.3) is 0 Å². The first-order valence-corrected chi connectivity index (χ1v) is 6.52. The van der Waals surface area contributed by atoms with Crippen molar-refractivity contribution in [3.05, 3.63) is 27.3 Å². The fourth-order valence-corrected chi connectivity index (χ4v) is 2.24. The van der Waals surface area contributed by atoms with Crippen molar-refractivity contribution in [1.29, 1.82) is 0 Å². The zero-order chi connectivity index (χ0) is 12.3. The van der Waals surface area contributed by atoms with E-state index in [1.807, 2.05) is 6.07 Å². The van der Waals surface area contributed by atoms with Crippen LogP contribution in [0.3, 0.4) is 0 Å². The van der Waals surface area contributed by atoms with Gasteiger partial charge in [0.2, 0.25) is 0 Å². The molecule has 0 aliphatic carbocycles. The predicted octanol–water partition coefficient (Wildman–Crippen LogP) is 2.55.